The molecule has 2 aliphatic rings. The summed E-state index contributed by atoms with van der Waals surface area (Å²) >= 11 is 0. The number of rotatable bonds is 12. The smallest absolute Gasteiger partial charge is 0.274 e. The molecule has 4 nitrogen and oxygen atoms in total. The Hall–Kier alpha value is -0.913. The summed E-state index contributed by atoms with van der Waals surface area (Å²) in [5.74, 6) is -1.63. The Balaban J connectivity index is 2.08. The van der Waals surface area contributed by atoms with Gasteiger partial charge in [-0.2, -0.15) is 0 Å². The lowest BCUT2D eigenvalue weighted by Crippen LogP contribution is -2.53. The summed E-state index contributed by atoms with van der Waals surface area (Å²) in [7, 11) is -2.12. The van der Waals surface area contributed by atoms with Gasteiger partial charge in [0.05, 0.1) is 0 Å². The van der Waals surface area contributed by atoms with E-state index in [9.17, 15) is 0 Å². The highest BCUT2D eigenvalue weighted by atomic mass is 28.4. The predicted molar refractivity (Wildman–Crippen MR) is 136 cm³/mol. The fraction of sp³-hybridized carbons (Fsp3) is 0.923. The van der Waals surface area contributed by atoms with Gasteiger partial charge in [0.2, 0.25) is 0 Å². The van der Waals surface area contributed by atoms with Crippen LogP contribution in [0.2, 0.25) is 18.1 Å². The Kier molecular flexibility index (Phi) is 9.63. The van der Waals surface area contributed by atoms with Crippen LogP contribution in [-0.4, -0.2) is 26.4 Å². The normalized spacial score (nSPS) is 28.5. The number of alkyl halides is 2. The highest BCUT2D eigenvalue weighted by molar-refractivity contribution is 6.73. The first-order valence-corrected chi connectivity index (χ1v) is 15.7. The number of fused-ring (bicyclic) bond motifs is 1. The first kappa shape index (κ1) is 28.3. The fourth-order valence-corrected chi connectivity index (χ4v) is 10.1. The standard InChI is InChI=1S/C26H47F2N3OSi/c1-8-33(9-2,10-3)32-24(5,6)26(27,28)18-15-20(4)22-13-14-23-21(16-19-30-31-29)12-11-17-25(22,23)7/h16,20,22-23H,8-15,17-19H2,1-7H3/b21-16+/t20-,22?,23?,25-/m1/s1. The van der Waals surface area contributed by atoms with Gasteiger partial charge in [-0.15, -0.1) is 0 Å². The second-order valence-corrected chi connectivity index (χ2v) is 16.1. The van der Waals surface area contributed by atoms with Crippen LogP contribution in [0, 0.1) is 23.2 Å². The van der Waals surface area contributed by atoms with Gasteiger partial charge in [-0.25, -0.2) is 8.78 Å². The van der Waals surface area contributed by atoms with E-state index in [1.54, 1.807) is 13.8 Å². The molecule has 0 aromatic heterocycles. The van der Waals surface area contributed by atoms with Gasteiger partial charge in [0, 0.05) is 17.9 Å². The van der Waals surface area contributed by atoms with Crippen molar-refractivity contribution in [2.24, 2.45) is 28.3 Å². The zero-order valence-corrected chi connectivity index (χ0v) is 23.1. The summed E-state index contributed by atoms with van der Waals surface area (Å²) in [6, 6.07) is 2.65. The third-order valence-corrected chi connectivity index (χ3v) is 14.2. The number of hydrogen-bond acceptors (Lipinski definition) is 2. The molecule has 2 fully saturated rings. The Labute approximate surface area is 201 Å². The number of azide groups is 1. The van der Waals surface area contributed by atoms with Crippen LogP contribution >= 0.6 is 0 Å². The molecule has 2 aliphatic carbocycles. The number of halogens is 2. The van der Waals surface area contributed by atoms with Crippen LogP contribution in [0.5, 0.6) is 0 Å². The maximum atomic E-state index is 15.5. The Morgan fingerprint density at radius 3 is 2.45 bits per heavy atom. The Morgan fingerprint density at radius 1 is 1.24 bits per heavy atom. The third-order valence-electron chi connectivity index (χ3n) is 9.42. The van der Waals surface area contributed by atoms with Crippen LogP contribution in [0.4, 0.5) is 8.78 Å². The second kappa shape index (κ2) is 11.2. The van der Waals surface area contributed by atoms with Gasteiger partial charge in [0.1, 0.15) is 5.60 Å². The molecule has 190 valence electrons. The molecule has 33 heavy (non-hydrogen) atoms. The molecule has 0 radical (unpaired) electrons. The van der Waals surface area contributed by atoms with Crippen molar-refractivity contribution in [1.29, 1.82) is 0 Å². The Morgan fingerprint density at radius 2 is 1.88 bits per heavy atom. The fourth-order valence-electron chi connectivity index (χ4n) is 6.95. The average molecular weight is 484 g/mol. The van der Waals surface area contributed by atoms with Crippen LogP contribution in [0.1, 0.15) is 93.4 Å². The van der Waals surface area contributed by atoms with Gasteiger partial charge in [0.15, 0.2) is 8.32 Å². The largest absolute Gasteiger partial charge is 0.406 e. The van der Waals surface area contributed by atoms with Crippen molar-refractivity contribution in [3.8, 4) is 0 Å². The van der Waals surface area contributed by atoms with Crippen molar-refractivity contribution in [3.05, 3.63) is 22.1 Å². The molecule has 0 aliphatic heterocycles. The molecule has 7 heteroatoms. The summed E-state index contributed by atoms with van der Waals surface area (Å²) in [4.78, 5) is 2.87. The molecular formula is C26H47F2N3OSi. The predicted octanol–water partition coefficient (Wildman–Crippen LogP) is 9.29. The lowest BCUT2D eigenvalue weighted by Gasteiger charge is -2.45. The van der Waals surface area contributed by atoms with Crippen LogP contribution < -0.4 is 0 Å². The van der Waals surface area contributed by atoms with E-state index in [1.165, 1.54) is 5.57 Å². The van der Waals surface area contributed by atoms with E-state index in [1.807, 2.05) is 0 Å². The molecule has 2 rings (SSSR count). The van der Waals surface area contributed by atoms with Gasteiger partial charge in [-0.3, -0.25) is 0 Å². The lowest BCUT2D eigenvalue weighted by molar-refractivity contribution is -0.159. The minimum Gasteiger partial charge on any atom is -0.406 e. The molecule has 0 heterocycles. The number of nitrogens with zero attached hydrogens (tertiary/aromatic N) is 3. The summed E-state index contributed by atoms with van der Waals surface area (Å²) in [6.45, 7) is 14.5. The van der Waals surface area contributed by atoms with E-state index in [0.29, 0.717) is 24.8 Å². The minimum absolute atomic E-state index is 0.111. The maximum absolute atomic E-state index is 15.5. The van der Waals surface area contributed by atoms with Gasteiger partial charge >= 0.3 is 0 Å². The highest BCUT2D eigenvalue weighted by Crippen LogP contribution is 2.60. The molecular weight excluding hydrogens is 436 g/mol. The van der Waals surface area contributed by atoms with E-state index in [2.05, 4.69) is 50.7 Å². The van der Waals surface area contributed by atoms with Crippen molar-refractivity contribution in [2.75, 3.05) is 6.54 Å². The molecule has 2 saturated carbocycles. The Bertz CT molecular complexity index is 723. The van der Waals surface area contributed by atoms with Gasteiger partial charge in [-0.1, -0.05) is 51.4 Å². The van der Waals surface area contributed by atoms with E-state index in [-0.39, 0.29) is 17.8 Å². The number of hydrogen-bond donors (Lipinski definition) is 0. The molecule has 0 bridgehead atoms. The molecule has 0 saturated heterocycles. The minimum atomic E-state index is -2.84. The van der Waals surface area contributed by atoms with Gasteiger partial charge in [-0.05, 0) is 99.2 Å². The highest BCUT2D eigenvalue weighted by Gasteiger charge is 2.53. The molecule has 2 unspecified atom stereocenters. The summed E-state index contributed by atoms with van der Waals surface area (Å²) in [5, 5.41) is 3.69. The second-order valence-electron chi connectivity index (χ2n) is 11.4. The maximum Gasteiger partial charge on any atom is 0.274 e. The van der Waals surface area contributed by atoms with Gasteiger partial charge in [0.25, 0.3) is 5.92 Å². The molecule has 0 aromatic carbocycles. The SMILES string of the molecule is CC[Si](CC)(CC)OC(C)(C)C(F)(F)CC[C@@H](C)C1CCC2/C(=C/CN=[N+]=[N-])CCC[C@@]21C. The third kappa shape index (κ3) is 6.02. The van der Waals surface area contributed by atoms with Crippen molar-refractivity contribution < 1.29 is 13.2 Å². The van der Waals surface area contributed by atoms with Crippen LogP contribution in [0.3, 0.4) is 0 Å². The summed E-state index contributed by atoms with van der Waals surface area (Å²) < 4.78 is 37.3. The molecule has 0 N–H and O–H groups in total. The first-order chi connectivity index (χ1) is 15.4. The van der Waals surface area contributed by atoms with Crippen molar-refractivity contribution in [2.45, 2.75) is 123 Å². The van der Waals surface area contributed by atoms with Crippen LogP contribution in [-0.2, 0) is 4.43 Å². The van der Waals surface area contributed by atoms with Crippen LogP contribution in [0.25, 0.3) is 10.4 Å². The van der Waals surface area contributed by atoms with E-state index < -0.39 is 19.8 Å². The topological polar surface area (TPSA) is 58.0 Å². The summed E-state index contributed by atoms with van der Waals surface area (Å²) in [6.07, 6.45) is 8.13. The molecule has 0 spiro atoms. The van der Waals surface area contributed by atoms with Crippen molar-refractivity contribution >= 4 is 8.32 Å². The van der Waals surface area contributed by atoms with E-state index in [4.69, 9.17) is 9.96 Å². The van der Waals surface area contributed by atoms with Gasteiger partial charge < -0.3 is 4.43 Å². The molecule has 0 amide bonds. The quantitative estimate of drug-likeness (QED) is 0.0896. The molecule has 4 atom stereocenters. The zero-order valence-electron chi connectivity index (χ0n) is 22.1. The van der Waals surface area contributed by atoms with Crippen LogP contribution in [0.15, 0.2) is 16.8 Å². The number of allylic oxidation sites excluding steroid dienone is 1. The van der Waals surface area contributed by atoms with Crippen molar-refractivity contribution in [1.82, 2.24) is 0 Å². The summed E-state index contributed by atoms with van der Waals surface area (Å²) in [5.41, 5.74) is 8.76. The lowest BCUT2D eigenvalue weighted by atomic mass is 9.60. The first-order valence-electron chi connectivity index (χ1n) is 13.2. The zero-order chi connectivity index (χ0) is 24.9. The van der Waals surface area contributed by atoms with E-state index >= 15 is 8.78 Å². The average Bonchev–Trinajstić information content (AvgIpc) is 3.14. The monoisotopic (exact) mass is 483 g/mol. The van der Waals surface area contributed by atoms with Crippen molar-refractivity contribution in [3.63, 3.8) is 0 Å². The molecule has 0 aromatic rings. The van der Waals surface area contributed by atoms with E-state index in [0.717, 1.165) is 50.2 Å².